The van der Waals surface area contributed by atoms with Crippen LogP contribution in [0.5, 0.6) is 0 Å². The first-order valence-electron chi connectivity index (χ1n) is 8.75. The second kappa shape index (κ2) is 5.45. The Labute approximate surface area is 148 Å². The van der Waals surface area contributed by atoms with E-state index in [4.69, 9.17) is 9.40 Å². The van der Waals surface area contributed by atoms with E-state index in [1.54, 1.807) is 0 Å². The molecule has 2 aromatic heterocycles. The number of hydrogen-bond donors (Lipinski definition) is 0. The molecule has 0 fully saturated rings. The maximum absolute atomic E-state index is 5.83. The van der Waals surface area contributed by atoms with Gasteiger partial charge >= 0.3 is 0 Å². The van der Waals surface area contributed by atoms with Crippen molar-refractivity contribution in [3.8, 4) is 11.3 Å². The summed E-state index contributed by atoms with van der Waals surface area (Å²) >= 11 is 0. The normalized spacial score (nSPS) is 12.2. The van der Waals surface area contributed by atoms with Crippen LogP contribution in [-0.4, -0.2) is 4.98 Å². The van der Waals surface area contributed by atoms with Crippen molar-refractivity contribution < 1.29 is 4.42 Å². The summed E-state index contributed by atoms with van der Waals surface area (Å²) in [5.74, 6) is 0.938. The van der Waals surface area contributed by atoms with Gasteiger partial charge in [0.2, 0.25) is 5.71 Å². The first kappa shape index (κ1) is 15.9. The molecule has 0 atom stereocenters. The van der Waals surface area contributed by atoms with Gasteiger partial charge in [-0.15, -0.1) is 0 Å². The fraction of sp³-hybridized carbons (Fsp3) is 0.261. The number of pyridine rings is 1. The third-order valence-corrected chi connectivity index (χ3v) is 5.01. The minimum atomic E-state index is 0.0670. The number of benzene rings is 2. The highest BCUT2D eigenvalue weighted by atomic mass is 16.3. The highest BCUT2D eigenvalue weighted by Crippen LogP contribution is 2.35. The number of hydrogen-bond acceptors (Lipinski definition) is 2. The number of furan rings is 1. The summed E-state index contributed by atoms with van der Waals surface area (Å²) in [5, 5.41) is 3.65. The molecule has 0 spiro atoms. The second-order valence-corrected chi connectivity index (χ2v) is 7.83. The van der Waals surface area contributed by atoms with Crippen molar-refractivity contribution in [2.45, 2.75) is 40.0 Å². The Morgan fingerprint density at radius 2 is 1.64 bits per heavy atom. The molecular formula is C23H23NO. The SMILES string of the molecule is Cc1oc2nc(-c3cc(C(C)(C)C)c4ccccc4c3)ccc2c1C. The van der Waals surface area contributed by atoms with Gasteiger partial charge in [-0.1, -0.05) is 45.0 Å². The predicted molar refractivity (Wildman–Crippen MR) is 105 cm³/mol. The average molecular weight is 329 g/mol. The van der Waals surface area contributed by atoms with Gasteiger partial charge in [0.1, 0.15) is 5.76 Å². The molecule has 0 saturated carbocycles. The van der Waals surface area contributed by atoms with E-state index in [2.05, 4.69) is 76.2 Å². The molecule has 0 N–H and O–H groups in total. The molecule has 2 aromatic carbocycles. The molecule has 0 bridgehead atoms. The van der Waals surface area contributed by atoms with E-state index in [1.807, 2.05) is 6.92 Å². The number of nitrogens with zero attached hydrogens (tertiary/aromatic N) is 1. The van der Waals surface area contributed by atoms with Gasteiger partial charge in [-0.25, -0.2) is 4.98 Å². The maximum atomic E-state index is 5.83. The van der Waals surface area contributed by atoms with Crippen molar-refractivity contribution in [2.75, 3.05) is 0 Å². The van der Waals surface area contributed by atoms with Crippen molar-refractivity contribution in [3.63, 3.8) is 0 Å². The lowest BCUT2D eigenvalue weighted by molar-refractivity contribution is 0.565. The van der Waals surface area contributed by atoms with Gasteiger partial charge in [-0.2, -0.15) is 0 Å². The Bertz CT molecular complexity index is 1100. The van der Waals surface area contributed by atoms with Gasteiger partial charge < -0.3 is 4.42 Å². The number of aryl methyl sites for hydroxylation is 2. The van der Waals surface area contributed by atoms with Gasteiger partial charge in [0.05, 0.1) is 5.69 Å². The van der Waals surface area contributed by atoms with Crippen molar-refractivity contribution in [3.05, 3.63) is 65.4 Å². The molecule has 126 valence electrons. The Balaban J connectivity index is 1.98. The fourth-order valence-electron chi connectivity index (χ4n) is 3.45. The van der Waals surface area contributed by atoms with Crippen LogP contribution in [0.4, 0.5) is 0 Å². The van der Waals surface area contributed by atoms with E-state index >= 15 is 0 Å². The van der Waals surface area contributed by atoms with Gasteiger partial charge in [0.15, 0.2) is 0 Å². The Hall–Kier alpha value is -2.61. The molecular weight excluding hydrogens is 306 g/mol. The number of aromatic nitrogens is 1. The van der Waals surface area contributed by atoms with Crippen molar-refractivity contribution in [1.29, 1.82) is 0 Å². The van der Waals surface area contributed by atoms with Crippen molar-refractivity contribution in [1.82, 2.24) is 4.98 Å². The van der Waals surface area contributed by atoms with E-state index in [0.717, 1.165) is 28.1 Å². The highest BCUT2D eigenvalue weighted by molar-refractivity contribution is 5.91. The summed E-state index contributed by atoms with van der Waals surface area (Å²) in [6.07, 6.45) is 0. The van der Waals surface area contributed by atoms with Crippen LogP contribution in [0.25, 0.3) is 33.1 Å². The number of rotatable bonds is 1. The standard InChI is InChI=1S/C23H23NO/c1-14-15(2)25-22-18(14)10-11-21(24-22)17-12-16-8-6-7-9-19(16)20(13-17)23(3,4)5/h6-13H,1-5H3. The first-order chi connectivity index (χ1) is 11.8. The largest absolute Gasteiger partial charge is 0.443 e. The molecule has 0 radical (unpaired) electrons. The lowest BCUT2D eigenvalue weighted by Gasteiger charge is -2.22. The first-order valence-corrected chi connectivity index (χ1v) is 8.75. The molecule has 0 amide bonds. The monoisotopic (exact) mass is 329 g/mol. The minimum Gasteiger partial charge on any atom is -0.443 e. The van der Waals surface area contributed by atoms with Crippen molar-refractivity contribution >= 4 is 21.9 Å². The smallest absolute Gasteiger partial charge is 0.227 e. The molecule has 2 nitrogen and oxygen atoms in total. The fourth-order valence-corrected chi connectivity index (χ4v) is 3.45. The molecule has 0 aliphatic carbocycles. The van der Waals surface area contributed by atoms with Gasteiger partial charge in [-0.05, 0) is 65.4 Å². The Kier molecular flexibility index (Phi) is 3.47. The van der Waals surface area contributed by atoms with Crippen LogP contribution in [0.3, 0.4) is 0 Å². The van der Waals surface area contributed by atoms with Gasteiger partial charge in [-0.3, -0.25) is 0 Å². The zero-order valence-electron chi connectivity index (χ0n) is 15.5. The lowest BCUT2D eigenvalue weighted by atomic mass is 9.82. The van der Waals surface area contributed by atoms with E-state index in [-0.39, 0.29) is 5.41 Å². The third kappa shape index (κ3) is 2.62. The van der Waals surface area contributed by atoms with E-state index < -0.39 is 0 Å². The number of fused-ring (bicyclic) bond motifs is 2. The van der Waals surface area contributed by atoms with Crippen LogP contribution in [0.1, 0.15) is 37.7 Å². The predicted octanol–water partition coefficient (Wildman–Crippen LogP) is 6.56. The summed E-state index contributed by atoms with van der Waals surface area (Å²) in [6, 6.07) is 17.3. The summed E-state index contributed by atoms with van der Waals surface area (Å²) < 4.78 is 5.83. The molecule has 0 aliphatic rings. The van der Waals surface area contributed by atoms with Crippen LogP contribution >= 0.6 is 0 Å². The van der Waals surface area contributed by atoms with E-state index in [9.17, 15) is 0 Å². The molecule has 4 aromatic rings. The summed E-state index contributed by atoms with van der Waals surface area (Å²) in [5.41, 5.74) is 5.39. The molecule has 0 saturated heterocycles. The molecule has 4 rings (SSSR count). The van der Waals surface area contributed by atoms with Crippen LogP contribution in [0, 0.1) is 13.8 Å². The topological polar surface area (TPSA) is 26.0 Å². The minimum absolute atomic E-state index is 0.0670. The van der Waals surface area contributed by atoms with E-state index in [1.165, 1.54) is 21.9 Å². The van der Waals surface area contributed by atoms with Crippen LogP contribution in [-0.2, 0) is 5.41 Å². The molecule has 0 unspecified atom stereocenters. The summed E-state index contributed by atoms with van der Waals surface area (Å²) in [4.78, 5) is 4.79. The van der Waals surface area contributed by atoms with Crippen LogP contribution in [0.2, 0.25) is 0 Å². The quantitative estimate of drug-likeness (QED) is 0.395. The molecule has 25 heavy (non-hydrogen) atoms. The van der Waals surface area contributed by atoms with Gasteiger partial charge in [0.25, 0.3) is 0 Å². The zero-order chi connectivity index (χ0) is 17.8. The summed E-state index contributed by atoms with van der Waals surface area (Å²) in [7, 11) is 0. The highest BCUT2D eigenvalue weighted by Gasteiger charge is 2.19. The molecule has 2 heteroatoms. The van der Waals surface area contributed by atoms with Crippen LogP contribution < -0.4 is 0 Å². The molecule has 2 heterocycles. The zero-order valence-corrected chi connectivity index (χ0v) is 15.5. The summed E-state index contributed by atoms with van der Waals surface area (Å²) in [6.45, 7) is 10.8. The van der Waals surface area contributed by atoms with Gasteiger partial charge in [0, 0.05) is 10.9 Å². The van der Waals surface area contributed by atoms with Crippen molar-refractivity contribution in [2.24, 2.45) is 0 Å². The molecule has 0 aliphatic heterocycles. The van der Waals surface area contributed by atoms with Crippen LogP contribution in [0.15, 0.2) is 52.9 Å². The maximum Gasteiger partial charge on any atom is 0.227 e. The van der Waals surface area contributed by atoms with E-state index in [0.29, 0.717) is 0 Å². The Morgan fingerprint density at radius 3 is 2.40 bits per heavy atom. The Morgan fingerprint density at radius 1 is 0.880 bits per heavy atom. The average Bonchev–Trinajstić information content (AvgIpc) is 2.87. The second-order valence-electron chi connectivity index (χ2n) is 7.83. The lowest BCUT2D eigenvalue weighted by Crippen LogP contribution is -2.12. The third-order valence-electron chi connectivity index (χ3n) is 5.01.